The molecular weight excluding hydrogens is 412 g/mol. The number of methoxy groups -OCH3 is 1. The molecule has 0 bridgehead atoms. The zero-order valence-electron chi connectivity index (χ0n) is 19.4. The van der Waals surface area contributed by atoms with Gasteiger partial charge in [0.05, 0.1) is 7.11 Å². The summed E-state index contributed by atoms with van der Waals surface area (Å²) in [5.41, 5.74) is 9.08. The van der Waals surface area contributed by atoms with Crippen LogP contribution in [0.25, 0.3) is 0 Å². The van der Waals surface area contributed by atoms with Gasteiger partial charge in [-0.3, -0.25) is 4.79 Å². The first-order valence-electron chi connectivity index (χ1n) is 11.5. The van der Waals surface area contributed by atoms with Crippen molar-refractivity contribution in [3.8, 4) is 11.5 Å². The third-order valence-electron chi connectivity index (χ3n) is 5.52. The third-order valence-corrected chi connectivity index (χ3v) is 5.52. The van der Waals surface area contributed by atoms with Gasteiger partial charge in [-0.15, -0.1) is 0 Å². The number of benzene rings is 3. The minimum absolute atomic E-state index is 0.155. The van der Waals surface area contributed by atoms with E-state index >= 15 is 0 Å². The van der Waals surface area contributed by atoms with Crippen LogP contribution in [-0.4, -0.2) is 31.0 Å². The molecule has 0 saturated carbocycles. The fourth-order valence-electron chi connectivity index (χ4n) is 3.71. The molecule has 5 nitrogen and oxygen atoms in total. The number of hydrogen-bond donors (Lipinski definition) is 1. The highest BCUT2D eigenvalue weighted by Crippen LogP contribution is 2.29. The maximum Gasteiger partial charge on any atom is 0.222 e. The van der Waals surface area contributed by atoms with Crippen molar-refractivity contribution in [2.75, 3.05) is 20.2 Å². The third kappa shape index (κ3) is 7.95. The molecule has 0 heterocycles. The van der Waals surface area contributed by atoms with Gasteiger partial charge < -0.3 is 20.1 Å². The predicted octanol–water partition coefficient (Wildman–Crippen LogP) is 4.97. The molecule has 174 valence electrons. The molecule has 0 aliphatic heterocycles. The SMILES string of the molecule is COc1cc(CN(CCCN)C(=O)CCCc2ccccc2)ccc1OCc1ccccc1. The second-order valence-corrected chi connectivity index (χ2v) is 8.06. The van der Waals surface area contributed by atoms with E-state index < -0.39 is 0 Å². The molecular formula is C28H34N2O3. The highest BCUT2D eigenvalue weighted by Gasteiger charge is 2.15. The van der Waals surface area contributed by atoms with Crippen LogP contribution in [0.5, 0.6) is 11.5 Å². The van der Waals surface area contributed by atoms with E-state index in [9.17, 15) is 4.79 Å². The zero-order chi connectivity index (χ0) is 23.3. The molecule has 0 radical (unpaired) electrons. The first-order chi connectivity index (χ1) is 16.2. The summed E-state index contributed by atoms with van der Waals surface area (Å²) in [6.45, 7) is 2.21. The minimum Gasteiger partial charge on any atom is -0.493 e. The van der Waals surface area contributed by atoms with Crippen molar-refractivity contribution in [1.82, 2.24) is 4.90 Å². The second-order valence-electron chi connectivity index (χ2n) is 8.06. The van der Waals surface area contributed by atoms with Gasteiger partial charge in [0.15, 0.2) is 11.5 Å². The van der Waals surface area contributed by atoms with Gasteiger partial charge in [-0.1, -0.05) is 66.7 Å². The topological polar surface area (TPSA) is 64.8 Å². The van der Waals surface area contributed by atoms with Gasteiger partial charge in [0.25, 0.3) is 0 Å². The lowest BCUT2D eigenvalue weighted by Crippen LogP contribution is -2.32. The first-order valence-corrected chi connectivity index (χ1v) is 11.5. The number of carbonyl (C=O) groups excluding carboxylic acids is 1. The summed E-state index contributed by atoms with van der Waals surface area (Å²) in [5, 5.41) is 0. The zero-order valence-corrected chi connectivity index (χ0v) is 19.4. The summed E-state index contributed by atoms with van der Waals surface area (Å²) in [6.07, 6.45) is 3.03. The van der Waals surface area contributed by atoms with Crippen LogP contribution in [-0.2, 0) is 24.4 Å². The Labute approximate surface area is 197 Å². The van der Waals surface area contributed by atoms with Crippen LogP contribution in [0.2, 0.25) is 0 Å². The Morgan fingerprint density at radius 1 is 0.848 bits per heavy atom. The quantitative estimate of drug-likeness (QED) is 0.402. The van der Waals surface area contributed by atoms with E-state index in [1.807, 2.05) is 71.6 Å². The maximum absolute atomic E-state index is 13.0. The average molecular weight is 447 g/mol. The Kier molecular flexibility index (Phi) is 9.80. The number of nitrogens with zero attached hydrogens (tertiary/aromatic N) is 1. The largest absolute Gasteiger partial charge is 0.493 e. The van der Waals surface area contributed by atoms with Crippen molar-refractivity contribution in [3.63, 3.8) is 0 Å². The Hall–Kier alpha value is -3.31. The number of nitrogens with two attached hydrogens (primary N) is 1. The molecule has 0 saturated heterocycles. The van der Waals surface area contributed by atoms with Crippen LogP contribution in [0.15, 0.2) is 78.9 Å². The van der Waals surface area contributed by atoms with Crippen LogP contribution in [0.4, 0.5) is 0 Å². The first kappa shape index (κ1) is 24.3. The van der Waals surface area contributed by atoms with Crippen molar-refractivity contribution >= 4 is 5.91 Å². The molecule has 1 amide bonds. The number of aryl methyl sites for hydroxylation is 1. The molecule has 0 aromatic heterocycles. The van der Waals surface area contributed by atoms with Gasteiger partial charge in [0, 0.05) is 19.5 Å². The summed E-state index contributed by atoms with van der Waals surface area (Å²) in [6, 6.07) is 26.2. The van der Waals surface area contributed by atoms with Crippen molar-refractivity contribution in [3.05, 3.63) is 95.6 Å². The van der Waals surface area contributed by atoms with Gasteiger partial charge >= 0.3 is 0 Å². The lowest BCUT2D eigenvalue weighted by Gasteiger charge is -2.23. The van der Waals surface area contributed by atoms with Crippen LogP contribution >= 0.6 is 0 Å². The van der Waals surface area contributed by atoms with Crippen molar-refractivity contribution in [2.45, 2.75) is 38.8 Å². The van der Waals surface area contributed by atoms with E-state index in [0.717, 1.165) is 30.4 Å². The lowest BCUT2D eigenvalue weighted by atomic mass is 10.1. The summed E-state index contributed by atoms with van der Waals surface area (Å²) >= 11 is 0. The molecule has 0 aliphatic carbocycles. The van der Waals surface area contributed by atoms with Gasteiger partial charge in [-0.25, -0.2) is 0 Å². The molecule has 33 heavy (non-hydrogen) atoms. The smallest absolute Gasteiger partial charge is 0.222 e. The number of amides is 1. The fraction of sp³-hybridized carbons (Fsp3) is 0.321. The molecule has 0 unspecified atom stereocenters. The summed E-state index contributed by atoms with van der Waals surface area (Å²) in [5.74, 6) is 1.51. The molecule has 3 aromatic carbocycles. The Morgan fingerprint density at radius 2 is 1.55 bits per heavy atom. The molecule has 5 heteroatoms. The number of ether oxygens (including phenoxy) is 2. The van der Waals surface area contributed by atoms with E-state index in [-0.39, 0.29) is 5.91 Å². The van der Waals surface area contributed by atoms with E-state index in [1.54, 1.807) is 7.11 Å². The lowest BCUT2D eigenvalue weighted by molar-refractivity contribution is -0.132. The van der Waals surface area contributed by atoms with Crippen LogP contribution in [0, 0.1) is 0 Å². The summed E-state index contributed by atoms with van der Waals surface area (Å²) in [7, 11) is 1.63. The molecule has 0 fully saturated rings. The molecule has 3 rings (SSSR count). The van der Waals surface area contributed by atoms with Crippen molar-refractivity contribution in [1.29, 1.82) is 0 Å². The van der Waals surface area contributed by atoms with E-state index in [2.05, 4.69) is 12.1 Å². The van der Waals surface area contributed by atoms with Crippen LogP contribution < -0.4 is 15.2 Å². The van der Waals surface area contributed by atoms with Gasteiger partial charge in [0.1, 0.15) is 6.61 Å². The van der Waals surface area contributed by atoms with E-state index in [0.29, 0.717) is 44.2 Å². The number of rotatable bonds is 13. The molecule has 2 N–H and O–H groups in total. The van der Waals surface area contributed by atoms with E-state index in [4.69, 9.17) is 15.2 Å². The molecule has 0 aliphatic rings. The summed E-state index contributed by atoms with van der Waals surface area (Å²) < 4.78 is 11.5. The van der Waals surface area contributed by atoms with Gasteiger partial charge in [-0.2, -0.15) is 0 Å². The Balaban J connectivity index is 1.60. The highest BCUT2D eigenvalue weighted by molar-refractivity contribution is 5.76. The van der Waals surface area contributed by atoms with Crippen molar-refractivity contribution < 1.29 is 14.3 Å². The van der Waals surface area contributed by atoms with Crippen molar-refractivity contribution in [2.24, 2.45) is 5.73 Å². The van der Waals surface area contributed by atoms with E-state index in [1.165, 1.54) is 5.56 Å². The normalized spacial score (nSPS) is 10.6. The number of carbonyl (C=O) groups is 1. The second kappa shape index (κ2) is 13.3. The van der Waals surface area contributed by atoms with Gasteiger partial charge in [-0.05, 0) is 54.6 Å². The standard InChI is InChI=1S/C28H34N2O3/c1-32-27-20-25(16-17-26(27)33-22-24-12-6-3-7-13-24)21-30(19-9-18-29)28(31)15-8-14-23-10-4-2-5-11-23/h2-7,10-13,16-17,20H,8-9,14-15,18-19,21-22,29H2,1H3. The van der Waals surface area contributed by atoms with Crippen LogP contribution in [0.3, 0.4) is 0 Å². The Bertz CT molecular complexity index is 977. The number of hydrogen-bond acceptors (Lipinski definition) is 4. The maximum atomic E-state index is 13.0. The average Bonchev–Trinajstić information content (AvgIpc) is 2.86. The summed E-state index contributed by atoms with van der Waals surface area (Å²) in [4.78, 5) is 14.9. The molecule has 0 spiro atoms. The monoisotopic (exact) mass is 446 g/mol. The minimum atomic E-state index is 0.155. The highest BCUT2D eigenvalue weighted by atomic mass is 16.5. The Morgan fingerprint density at radius 3 is 2.21 bits per heavy atom. The molecule has 3 aromatic rings. The van der Waals surface area contributed by atoms with Gasteiger partial charge in [0.2, 0.25) is 5.91 Å². The molecule has 0 atom stereocenters. The fourth-order valence-corrected chi connectivity index (χ4v) is 3.71. The van der Waals surface area contributed by atoms with Crippen LogP contribution in [0.1, 0.15) is 36.0 Å². The predicted molar refractivity (Wildman–Crippen MR) is 132 cm³/mol.